The second kappa shape index (κ2) is 8.27. The van der Waals surface area contributed by atoms with Gasteiger partial charge in [-0.3, -0.25) is 4.79 Å². The molecular formula is C22H21ClN2O4. The van der Waals surface area contributed by atoms with Gasteiger partial charge in [-0.1, -0.05) is 17.7 Å². The average molecular weight is 413 g/mol. The summed E-state index contributed by atoms with van der Waals surface area (Å²) in [7, 11) is 0. The lowest BCUT2D eigenvalue weighted by atomic mass is 10.1. The number of nitrogens with zero attached hydrogens (tertiary/aromatic N) is 1. The fourth-order valence-electron chi connectivity index (χ4n) is 3.23. The number of rotatable bonds is 4. The topological polar surface area (TPSA) is 84.1 Å². The van der Waals surface area contributed by atoms with E-state index < -0.39 is 0 Å². The van der Waals surface area contributed by atoms with Gasteiger partial charge in [0.1, 0.15) is 16.9 Å². The summed E-state index contributed by atoms with van der Waals surface area (Å²) in [5.74, 6) is -0.225. The molecule has 2 heterocycles. The zero-order chi connectivity index (χ0) is 20.4. The molecule has 1 fully saturated rings. The molecule has 0 radical (unpaired) electrons. The Hall–Kier alpha value is -2.83. The van der Waals surface area contributed by atoms with Gasteiger partial charge in [0, 0.05) is 29.6 Å². The van der Waals surface area contributed by atoms with Crippen LogP contribution in [0, 0.1) is 6.92 Å². The first-order valence-corrected chi connectivity index (χ1v) is 9.85. The third kappa shape index (κ3) is 4.44. The largest absolute Gasteiger partial charge is 0.508 e. The number of carbonyl (C=O) groups excluding carboxylic acids is 1. The first-order chi connectivity index (χ1) is 14.0. The van der Waals surface area contributed by atoms with Crippen LogP contribution in [0.4, 0.5) is 5.69 Å². The second-order valence-electron chi connectivity index (χ2n) is 7.08. The van der Waals surface area contributed by atoms with Crippen molar-refractivity contribution >= 4 is 34.2 Å². The van der Waals surface area contributed by atoms with Crippen molar-refractivity contribution in [3.05, 3.63) is 64.2 Å². The fraction of sp³-hybridized carbons (Fsp3) is 0.273. The number of fused-ring (bicyclic) bond motifs is 1. The van der Waals surface area contributed by atoms with E-state index in [1.165, 1.54) is 6.07 Å². The molecule has 7 heteroatoms. The quantitative estimate of drug-likeness (QED) is 0.671. The number of phenolic OH excluding ortho intramolecular Hbond substituents is 1. The van der Waals surface area contributed by atoms with Crippen molar-refractivity contribution in [3.8, 4) is 5.75 Å². The highest BCUT2D eigenvalue weighted by Crippen LogP contribution is 2.23. The molecule has 0 aliphatic carbocycles. The minimum atomic E-state index is -0.295. The van der Waals surface area contributed by atoms with E-state index in [9.17, 15) is 9.90 Å². The molecule has 29 heavy (non-hydrogen) atoms. The van der Waals surface area contributed by atoms with Gasteiger partial charge in [-0.25, -0.2) is 4.99 Å². The van der Waals surface area contributed by atoms with E-state index in [1.807, 2.05) is 13.0 Å². The fourth-order valence-corrected chi connectivity index (χ4v) is 3.40. The summed E-state index contributed by atoms with van der Waals surface area (Å²) < 4.78 is 11.4. The molecule has 2 aromatic carbocycles. The normalized spacial score (nSPS) is 17.0. The highest BCUT2D eigenvalue weighted by molar-refractivity contribution is 6.31. The number of phenols is 1. The monoisotopic (exact) mass is 412 g/mol. The molecule has 0 spiro atoms. The van der Waals surface area contributed by atoms with Gasteiger partial charge in [0.25, 0.3) is 5.91 Å². The summed E-state index contributed by atoms with van der Waals surface area (Å²) in [5, 5.41) is 13.9. The molecule has 0 bridgehead atoms. The van der Waals surface area contributed by atoms with Crippen molar-refractivity contribution < 1.29 is 19.1 Å². The Bertz CT molecular complexity index is 1130. The smallest absolute Gasteiger partial charge is 0.256 e. The highest BCUT2D eigenvalue weighted by atomic mass is 35.5. The Balaban J connectivity index is 1.76. The molecule has 3 aromatic rings. The van der Waals surface area contributed by atoms with E-state index in [1.54, 1.807) is 30.3 Å². The number of hydrogen-bond donors (Lipinski definition) is 2. The zero-order valence-corrected chi connectivity index (χ0v) is 16.7. The van der Waals surface area contributed by atoms with Crippen LogP contribution in [-0.4, -0.2) is 30.3 Å². The lowest BCUT2D eigenvalue weighted by Crippen LogP contribution is -2.34. The standard InChI is InChI=1S/C22H21ClN2O4/c1-13-4-6-15(10-19(13)23)25-22-18(21(27)24-12-17-3-2-8-28-17)9-14-5-7-16(26)11-20(14)29-22/h4-7,9-11,17,26H,2-3,8,12H2,1H3,(H,24,27)/t17-/m1/s1. The van der Waals surface area contributed by atoms with Crippen LogP contribution in [0.25, 0.3) is 11.0 Å². The molecule has 1 atom stereocenters. The summed E-state index contributed by atoms with van der Waals surface area (Å²) in [6.45, 7) is 3.06. The van der Waals surface area contributed by atoms with Gasteiger partial charge in [0.05, 0.1) is 11.8 Å². The van der Waals surface area contributed by atoms with E-state index >= 15 is 0 Å². The van der Waals surface area contributed by atoms with Gasteiger partial charge in [-0.05, 0) is 55.7 Å². The maximum Gasteiger partial charge on any atom is 0.256 e. The summed E-state index contributed by atoms with van der Waals surface area (Å²) in [6.07, 6.45) is 1.97. The van der Waals surface area contributed by atoms with Gasteiger partial charge < -0.3 is 19.6 Å². The molecule has 6 nitrogen and oxygen atoms in total. The highest BCUT2D eigenvalue weighted by Gasteiger charge is 2.18. The maximum atomic E-state index is 12.9. The first kappa shape index (κ1) is 19.5. The molecule has 4 rings (SSSR count). The van der Waals surface area contributed by atoms with Crippen molar-refractivity contribution in [1.29, 1.82) is 0 Å². The van der Waals surface area contributed by atoms with Crippen LogP contribution >= 0.6 is 11.6 Å². The number of aryl methyl sites for hydroxylation is 1. The molecule has 150 valence electrons. The summed E-state index contributed by atoms with van der Waals surface area (Å²) in [4.78, 5) is 17.4. The molecule has 1 saturated heterocycles. The van der Waals surface area contributed by atoms with Gasteiger partial charge in [-0.15, -0.1) is 0 Å². The number of nitrogens with one attached hydrogen (secondary N) is 1. The molecule has 2 N–H and O–H groups in total. The number of ether oxygens (including phenoxy) is 1. The van der Waals surface area contributed by atoms with E-state index in [-0.39, 0.29) is 23.3 Å². The summed E-state index contributed by atoms with van der Waals surface area (Å²) >= 11 is 6.20. The van der Waals surface area contributed by atoms with Crippen LogP contribution in [0.2, 0.25) is 5.02 Å². The van der Waals surface area contributed by atoms with Crippen molar-refractivity contribution in [2.45, 2.75) is 25.9 Å². The molecule has 1 aliphatic rings. The van der Waals surface area contributed by atoms with Crippen molar-refractivity contribution in [1.82, 2.24) is 5.32 Å². The van der Waals surface area contributed by atoms with Crippen LogP contribution in [0.15, 0.2) is 51.9 Å². The molecule has 1 aliphatic heterocycles. The van der Waals surface area contributed by atoms with Gasteiger partial charge in [0.15, 0.2) is 0 Å². The van der Waals surface area contributed by atoms with Gasteiger partial charge in [0.2, 0.25) is 5.55 Å². The number of carbonyl (C=O) groups is 1. The van der Waals surface area contributed by atoms with Crippen molar-refractivity contribution in [3.63, 3.8) is 0 Å². The number of hydrogen-bond acceptors (Lipinski definition) is 5. The lowest BCUT2D eigenvalue weighted by molar-refractivity contribution is 0.0854. The van der Waals surface area contributed by atoms with Crippen LogP contribution < -0.4 is 10.9 Å². The van der Waals surface area contributed by atoms with Crippen LogP contribution in [-0.2, 0) is 4.74 Å². The molecule has 0 unspecified atom stereocenters. The molecule has 1 amide bonds. The summed E-state index contributed by atoms with van der Waals surface area (Å²) in [5.41, 5.74) is 2.38. The molecular weight excluding hydrogens is 392 g/mol. The SMILES string of the molecule is Cc1ccc(N=c2oc3cc(O)ccc3cc2C(=O)NC[C@H]2CCCO2)cc1Cl. The number of amides is 1. The minimum absolute atomic E-state index is 0.0320. The Morgan fingerprint density at radius 3 is 2.90 bits per heavy atom. The predicted octanol–water partition coefficient (Wildman–Crippen LogP) is 4.24. The third-order valence-electron chi connectivity index (χ3n) is 4.88. The zero-order valence-electron chi connectivity index (χ0n) is 15.9. The minimum Gasteiger partial charge on any atom is -0.508 e. The van der Waals surface area contributed by atoms with Crippen LogP contribution in [0.5, 0.6) is 5.75 Å². The van der Waals surface area contributed by atoms with E-state index in [0.717, 1.165) is 25.0 Å². The second-order valence-corrected chi connectivity index (χ2v) is 7.48. The Labute approximate surface area is 172 Å². The van der Waals surface area contributed by atoms with Gasteiger partial charge >= 0.3 is 0 Å². The van der Waals surface area contributed by atoms with Crippen LogP contribution in [0.3, 0.4) is 0 Å². The molecule has 1 aromatic heterocycles. The summed E-state index contributed by atoms with van der Waals surface area (Å²) in [6, 6.07) is 11.8. The van der Waals surface area contributed by atoms with Gasteiger partial charge in [-0.2, -0.15) is 0 Å². The Morgan fingerprint density at radius 2 is 2.14 bits per heavy atom. The molecule has 0 saturated carbocycles. The average Bonchev–Trinajstić information content (AvgIpc) is 3.22. The van der Waals surface area contributed by atoms with E-state index in [0.29, 0.717) is 33.8 Å². The Morgan fingerprint density at radius 1 is 1.28 bits per heavy atom. The lowest BCUT2D eigenvalue weighted by Gasteiger charge is -2.11. The number of halogens is 1. The Kier molecular flexibility index (Phi) is 5.56. The van der Waals surface area contributed by atoms with Crippen LogP contribution in [0.1, 0.15) is 28.8 Å². The van der Waals surface area contributed by atoms with E-state index in [2.05, 4.69) is 10.3 Å². The third-order valence-corrected chi connectivity index (χ3v) is 5.29. The number of benzene rings is 2. The van der Waals surface area contributed by atoms with Crippen molar-refractivity contribution in [2.75, 3.05) is 13.2 Å². The first-order valence-electron chi connectivity index (χ1n) is 9.47. The predicted molar refractivity (Wildman–Crippen MR) is 111 cm³/mol. The van der Waals surface area contributed by atoms with E-state index in [4.69, 9.17) is 20.8 Å². The maximum absolute atomic E-state index is 12.9. The van der Waals surface area contributed by atoms with Crippen molar-refractivity contribution in [2.24, 2.45) is 4.99 Å². The number of aromatic hydroxyl groups is 1.